The number of hydrogen-bond acceptors (Lipinski definition) is 4. The Hall–Kier alpha value is -3.41. The predicted molar refractivity (Wildman–Crippen MR) is 105 cm³/mol. The lowest BCUT2D eigenvalue weighted by Gasteiger charge is -2.19. The number of amides is 1. The molecule has 0 aliphatic heterocycles. The molecule has 3 aromatic rings. The first-order valence-electron chi connectivity index (χ1n) is 8.70. The van der Waals surface area contributed by atoms with Crippen molar-refractivity contribution in [3.05, 3.63) is 76.3 Å². The van der Waals surface area contributed by atoms with Crippen LogP contribution in [0.15, 0.2) is 60.7 Å². The molecule has 0 fully saturated rings. The van der Waals surface area contributed by atoms with Gasteiger partial charge in [-0.1, -0.05) is 49.4 Å². The number of anilines is 1. The van der Waals surface area contributed by atoms with Gasteiger partial charge in [0, 0.05) is 17.5 Å². The Labute approximate surface area is 156 Å². The zero-order valence-corrected chi connectivity index (χ0v) is 15.1. The third kappa shape index (κ3) is 4.06. The van der Waals surface area contributed by atoms with Crippen molar-refractivity contribution in [2.75, 3.05) is 5.32 Å². The van der Waals surface area contributed by atoms with E-state index in [1.165, 1.54) is 12.1 Å². The standard InChI is InChI=1S/C21H20N2O4/c1-3-19(27-20-10-6-8-15-7-4-5-9-17(15)20)21(24)22-18-13-16(23(25)26)12-11-14(18)2/h4-13,19H,3H2,1-2H3,(H,22,24)/t19-/m0/s1. The lowest BCUT2D eigenvalue weighted by Crippen LogP contribution is -2.32. The number of nitro groups is 1. The summed E-state index contributed by atoms with van der Waals surface area (Å²) in [4.78, 5) is 23.2. The van der Waals surface area contributed by atoms with Crippen molar-refractivity contribution in [2.24, 2.45) is 0 Å². The normalized spacial score (nSPS) is 11.8. The highest BCUT2D eigenvalue weighted by molar-refractivity contribution is 5.96. The summed E-state index contributed by atoms with van der Waals surface area (Å²) in [5.41, 5.74) is 1.09. The molecule has 0 heterocycles. The largest absolute Gasteiger partial charge is 0.480 e. The van der Waals surface area contributed by atoms with Crippen LogP contribution < -0.4 is 10.1 Å². The molecule has 0 aliphatic rings. The number of nitrogens with zero attached hydrogens (tertiary/aromatic N) is 1. The Kier molecular flexibility index (Phi) is 5.35. The lowest BCUT2D eigenvalue weighted by molar-refractivity contribution is -0.384. The molecule has 3 rings (SSSR count). The number of fused-ring (bicyclic) bond motifs is 1. The van der Waals surface area contributed by atoms with Gasteiger partial charge in [0.25, 0.3) is 11.6 Å². The molecule has 3 aromatic carbocycles. The Morgan fingerprint density at radius 2 is 1.89 bits per heavy atom. The maximum Gasteiger partial charge on any atom is 0.271 e. The summed E-state index contributed by atoms with van der Waals surface area (Å²) in [6.45, 7) is 3.64. The van der Waals surface area contributed by atoms with Gasteiger partial charge in [-0.2, -0.15) is 0 Å². The number of carbonyl (C=O) groups is 1. The smallest absolute Gasteiger partial charge is 0.271 e. The Balaban J connectivity index is 1.82. The predicted octanol–water partition coefficient (Wildman–Crippen LogP) is 4.85. The molecule has 138 valence electrons. The van der Waals surface area contributed by atoms with E-state index in [1.807, 2.05) is 49.4 Å². The fraction of sp³-hybridized carbons (Fsp3) is 0.190. The number of ether oxygens (including phenoxy) is 1. The van der Waals surface area contributed by atoms with Crippen molar-refractivity contribution < 1.29 is 14.5 Å². The maximum atomic E-state index is 12.7. The Morgan fingerprint density at radius 3 is 2.63 bits per heavy atom. The van der Waals surface area contributed by atoms with Crippen LogP contribution in [0.4, 0.5) is 11.4 Å². The SMILES string of the molecule is CC[C@H](Oc1cccc2ccccc12)C(=O)Nc1cc([N+](=O)[O-])ccc1C. The second-order valence-corrected chi connectivity index (χ2v) is 6.24. The third-order valence-electron chi connectivity index (χ3n) is 4.37. The Morgan fingerprint density at radius 1 is 1.15 bits per heavy atom. The van der Waals surface area contributed by atoms with Gasteiger partial charge in [0.2, 0.25) is 0 Å². The number of carbonyl (C=O) groups excluding carboxylic acids is 1. The monoisotopic (exact) mass is 364 g/mol. The molecule has 6 heteroatoms. The zero-order chi connectivity index (χ0) is 19.4. The molecule has 0 saturated carbocycles. The fourth-order valence-electron chi connectivity index (χ4n) is 2.85. The van der Waals surface area contributed by atoms with Crippen LogP contribution >= 0.6 is 0 Å². The van der Waals surface area contributed by atoms with Crippen LogP contribution in [0.3, 0.4) is 0 Å². The molecule has 0 aromatic heterocycles. The van der Waals surface area contributed by atoms with Crippen LogP contribution in [0.1, 0.15) is 18.9 Å². The van der Waals surface area contributed by atoms with E-state index in [4.69, 9.17) is 4.74 Å². The second kappa shape index (κ2) is 7.86. The van der Waals surface area contributed by atoms with Gasteiger partial charge in [-0.15, -0.1) is 0 Å². The minimum absolute atomic E-state index is 0.0704. The van der Waals surface area contributed by atoms with Crippen LogP contribution in [0.25, 0.3) is 10.8 Å². The van der Waals surface area contributed by atoms with E-state index in [-0.39, 0.29) is 11.6 Å². The topological polar surface area (TPSA) is 81.5 Å². The van der Waals surface area contributed by atoms with Gasteiger partial charge in [-0.25, -0.2) is 0 Å². The van der Waals surface area contributed by atoms with E-state index in [9.17, 15) is 14.9 Å². The van der Waals surface area contributed by atoms with Crippen molar-refractivity contribution in [3.63, 3.8) is 0 Å². The molecule has 1 N–H and O–H groups in total. The Bertz CT molecular complexity index is 995. The minimum Gasteiger partial charge on any atom is -0.480 e. The molecule has 0 radical (unpaired) electrons. The molecule has 0 saturated heterocycles. The van der Waals surface area contributed by atoms with E-state index in [1.54, 1.807) is 13.0 Å². The van der Waals surface area contributed by atoms with Crippen LogP contribution in [0.5, 0.6) is 5.75 Å². The van der Waals surface area contributed by atoms with Crippen LogP contribution in [-0.2, 0) is 4.79 Å². The van der Waals surface area contributed by atoms with Crippen molar-refractivity contribution in [1.82, 2.24) is 0 Å². The van der Waals surface area contributed by atoms with E-state index in [0.29, 0.717) is 17.9 Å². The fourth-order valence-corrected chi connectivity index (χ4v) is 2.85. The van der Waals surface area contributed by atoms with E-state index >= 15 is 0 Å². The summed E-state index contributed by atoms with van der Waals surface area (Å²) in [7, 11) is 0. The van der Waals surface area contributed by atoms with Crippen molar-refractivity contribution in [3.8, 4) is 5.75 Å². The van der Waals surface area contributed by atoms with Crippen LogP contribution in [-0.4, -0.2) is 16.9 Å². The number of rotatable bonds is 6. The number of hydrogen-bond donors (Lipinski definition) is 1. The number of non-ortho nitro benzene ring substituents is 1. The summed E-state index contributed by atoms with van der Waals surface area (Å²) in [5.74, 6) is 0.292. The van der Waals surface area contributed by atoms with Gasteiger partial charge in [0.1, 0.15) is 5.75 Å². The summed E-state index contributed by atoms with van der Waals surface area (Å²) in [6.07, 6.45) is -0.252. The van der Waals surface area contributed by atoms with Gasteiger partial charge in [0.05, 0.1) is 10.6 Å². The van der Waals surface area contributed by atoms with Crippen molar-refractivity contribution in [2.45, 2.75) is 26.4 Å². The molecule has 0 aliphatic carbocycles. The lowest BCUT2D eigenvalue weighted by atomic mass is 10.1. The second-order valence-electron chi connectivity index (χ2n) is 6.24. The molecule has 0 spiro atoms. The summed E-state index contributed by atoms with van der Waals surface area (Å²) in [5, 5.41) is 15.7. The first-order chi connectivity index (χ1) is 13.0. The average Bonchev–Trinajstić information content (AvgIpc) is 2.67. The van der Waals surface area contributed by atoms with Gasteiger partial charge in [-0.3, -0.25) is 14.9 Å². The number of benzene rings is 3. The quantitative estimate of drug-likeness (QED) is 0.500. The number of aryl methyl sites for hydroxylation is 1. The highest BCUT2D eigenvalue weighted by Gasteiger charge is 2.21. The highest BCUT2D eigenvalue weighted by Crippen LogP contribution is 2.27. The van der Waals surface area contributed by atoms with Crippen LogP contribution in [0.2, 0.25) is 0 Å². The molecule has 1 amide bonds. The van der Waals surface area contributed by atoms with Crippen molar-refractivity contribution in [1.29, 1.82) is 0 Å². The number of nitrogens with one attached hydrogen (secondary N) is 1. The number of nitro benzene ring substituents is 1. The molecule has 0 unspecified atom stereocenters. The first-order valence-corrected chi connectivity index (χ1v) is 8.70. The van der Waals surface area contributed by atoms with E-state index in [0.717, 1.165) is 16.3 Å². The highest BCUT2D eigenvalue weighted by atomic mass is 16.6. The summed E-state index contributed by atoms with van der Waals surface area (Å²) < 4.78 is 5.98. The van der Waals surface area contributed by atoms with Gasteiger partial charge >= 0.3 is 0 Å². The van der Waals surface area contributed by atoms with Crippen molar-refractivity contribution >= 4 is 28.1 Å². The average molecular weight is 364 g/mol. The molecule has 6 nitrogen and oxygen atoms in total. The van der Waals surface area contributed by atoms with Gasteiger partial charge < -0.3 is 10.1 Å². The van der Waals surface area contributed by atoms with E-state index < -0.39 is 11.0 Å². The molecular formula is C21H20N2O4. The minimum atomic E-state index is -0.713. The summed E-state index contributed by atoms with van der Waals surface area (Å²) >= 11 is 0. The molecule has 27 heavy (non-hydrogen) atoms. The van der Waals surface area contributed by atoms with Gasteiger partial charge in [0.15, 0.2) is 6.10 Å². The third-order valence-corrected chi connectivity index (χ3v) is 4.37. The first kappa shape index (κ1) is 18.4. The molecular weight excluding hydrogens is 344 g/mol. The van der Waals surface area contributed by atoms with E-state index in [2.05, 4.69) is 5.32 Å². The summed E-state index contributed by atoms with van der Waals surface area (Å²) in [6, 6.07) is 17.9. The van der Waals surface area contributed by atoms with Crippen LogP contribution in [0, 0.1) is 17.0 Å². The molecule has 0 bridgehead atoms. The molecule has 1 atom stereocenters. The zero-order valence-electron chi connectivity index (χ0n) is 15.1. The van der Waals surface area contributed by atoms with Gasteiger partial charge in [-0.05, 0) is 30.4 Å². The maximum absolute atomic E-state index is 12.7.